The molecule has 2 aliphatic heterocycles. The van der Waals surface area contributed by atoms with Gasteiger partial charge in [0.25, 0.3) is 11.8 Å². The van der Waals surface area contributed by atoms with Gasteiger partial charge in [-0.05, 0) is 104 Å². The first-order chi connectivity index (χ1) is 32.4. The smallest absolute Gasteiger partial charge is 0.324 e. The lowest BCUT2D eigenvalue weighted by molar-refractivity contribution is -0.155. The monoisotopic (exact) mass is 929 g/mol. The lowest BCUT2D eigenvalue weighted by atomic mass is 9.84. The minimum atomic E-state index is -1.21. The Morgan fingerprint density at radius 2 is 1.87 bits per heavy atom. The number of imidazole rings is 1. The summed E-state index contributed by atoms with van der Waals surface area (Å²) in [6, 6.07) is 12.2. The van der Waals surface area contributed by atoms with Crippen LogP contribution in [0.1, 0.15) is 87.9 Å². The topological polar surface area (TPSA) is 202 Å². The van der Waals surface area contributed by atoms with Crippen LogP contribution in [0.2, 0.25) is 0 Å². The van der Waals surface area contributed by atoms with Crippen LogP contribution in [0.15, 0.2) is 73.6 Å². The third kappa shape index (κ3) is 10.0. The highest BCUT2D eigenvalue weighted by atomic mass is 16.5. The quantitative estimate of drug-likeness (QED) is 0.0880. The lowest BCUT2D eigenvalue weighted by Gasteiger charge is -2.36. The van der Waals surface area contributed by atoms with Gasteiger partial charge in [-0.1, -0.05) is 46.4 Å². The molecule has 1 saturated heterocycles. The number of hydrogen-bond acceptors (Lipinski definition) is 11. The highest BCUT2D eigenvalue weighted by molar-refractivity contribution is 6.00. The average molecular weight is 930 g/mol. The van der Waals surface area contributed by atoms with Crippen LogP contribution in [0.5, 0.6) is 5.75 Å². The summed E-state index contributed by atoms with van der Waals surface area (Å²) in [5.41, 5.74) is 9.38. The van der Waals surface area contributed by atoms with E-state index in [2.05, 4.69) is 71.2 Å². The van der Waals surface area contributed by atoms with Gasteiger partial charge in [0, 0.05) is 68.8 Å². The Hall–Kier alpha value is -6.85. The Morgan fingerprint density at radius 1 is 1.10 bits per heavy atom. The number of anilines is 1. The molecule has 17 nitrogen and oxygen atoms in total. The molecule has 68 heavy (non-hydrogen) atoms. The number of methoxy groups -OCH3 is 1. The molecule has 5 aromatic rings. The van der Waals surface area contributed by atoms with Crippen LogP contribution in [0.25, 0.3) is 33.3 Å². The first-order valence-corrected chi connectivity index (χ1v) is 23.1. The number of benzene rings is 2. The molecule has 7 rings (SSSR count). The van der Waals surface area contributed by atoms with Crippen LogP contribution in [0.3, 0.4) is 0 Å². The van der Waals surface area contributed by atoms with Gasteiger partial charge in [-0.15, -0.1) is 0 Å². The number of esters is 1. The number of phenols is 1. The van der Waals surface area contributed by atoms with Crippen LogP contribution in [0.4, 0.5) is 5.82 Å². The average Bonchev–Trinajstić information content (AvgIpc) is 3.83. The number of aromatic nitrogens is 4. The summed E-state index contributed by atoms with van der Waals surface area (Å²) in [4.78, 5) is 79.5. The van der Waals surface area contributed by atoms with Crippen molar-refractivity contribution in [3.05, 3.63) is 96.2 Å². The Bertz CT molecular complexity index is 2760. The second-order valence-electron chi connectivity index (χ2n) is 18.9. The molecule has 4 atom stereocenters. The molecule has 3 unspecified atom stereocenters. The van der Waals surface area contributed by atoms with Crippen molar-refractivity contribution in [2.45, 2.75) is 98.0 Å². The second kappa shape index (κ2) is 20.2. The van der Waals surface area contributed by atoms with Crippen LogP contribution in [0, 0.1) is 11.3 Å². The molecular formula is C51H63N9O8. The van der Waals surface area contributed by atoms with Gasteiger partial charge in [-0.3, -0.25) is 34.0 Å². The number of nitrogens with zero attached hydrogens (tertiary/aromatic N) is 6. The maximum Gasteiger partial charge on any atom is 0.324 e. The van der Waals surface area contributed by atoms with Crippen LogP contribution in [-0.2, 0) is 55.1 Å². The standard InChI is InChI=1S/C51H63N9O8/c1-11-42(62)55-41-27-53-46(57(41)8)49(65)58(9)44(29(3)4)47(63)54-39-23-31-21-33(24-34(61)22-31)32-17-18-40-36(25-32)37(45(59(40)12-2)35-15-13-19-52-43(35)30(5)67-10)26-51(6,7)28-68-50(66)38-16-14-20-60(56-38)48(39)64/h11,13,15,17-19,21-22,24-25,27,29-30,38-39,44,56,61H,1,12,14,16,20,23,26,28H2,2-10H3,(H,54,63)(H,55,62)/t30?,38-,39?,44?/m0/s1. The zero-order chi connectivity index (χ0) is 49.2. The number of ether oxygens (including phenoxy) is 2. The number of cyclic esters (lactones) is 1. The highest BCUT2D eigenvalue weighted by Gasteiger charge is 2.38. The van der Waals surface area contributed by atoms with Crippen molar-refractivity contribution < 1.29 is 38.6 Å². The van der Waals surface area contributed by atoms with E-state index in [9.17, 15) is 29.1 Å². The number of pyridine rings is 1. The summed E-state index contributed by atoms with van der Waals surface area (Å²) >= 11 is 0. The zero-order valence-electron chi connectivity index (χ0n) is 40.4. The maximum atomic E-state index is 14.7. The molecule has 0 saturated carbocycles. The molecule has 0 aliphatic carbocycles. The van der Waals surface area contributed by atoms with E-state index in [4.69, 9.17) is 14.5 Å². The number of fused-ring (bicyclic) bond motifs is 6. The number of aromatic hydroxyl groups is 1. The summed E-state index contributed by atoms with van der Waals surface area (Å²) < 4.78 is 15.6. The number of amides is 4. The van der Waals surface area contributed by atoms with E-state index in [1.807, 2.05) is 25.1 Å². The van der Waals surface area contributed by atoms with Crippen molar-refractivity contribution in [1.82, 2.24) is 39.8 Å². The predicted molar refractivity (Wildman–Crippen MR) is 258 cm³/mol. The van der Waals surface area contributed by atoms with Crippen molar-refractivity contribution in [1.29, 1.82) is 0 Å². The van der Waals surface area contributed by atoms with Gasteiger partial charge in [0.15, 0.2) is 0 Å². The molecule has 1 fully saturated rings. The van der Waals surface area contributed by atoms with Gasteiger partial charge < -0.3 is 39.2 Å². The zero-order valence-corrected chi connectivity index (χ0v) is 40.4. The molecular weight excluding hydrogens is 867 g/mol. The normalized spacial score (nSPS) is 18.4. The Balaban J connectivity index is 1.32. The van der Waals surface area contributed by atoms with E-state index in [1.54, 1.807) is 46.3 Å². The fourth-order valence-corrected chi connectivity index (χ4v) is 9.44. The number of nitrogens with one attached hydrogen (secondary N) is 3. The van der Waals surface area contributed by atoms with Gasteiger partial charge >= 0.3 is 5.97 Å². The number of carbonyl (C=O) groups is 5. The minimum absolute atomic E-state index is 0.0287. The van der Waals surface area contributed by atoms with E-state index in [-0.39, 0.29) is 43.1 Å². The van der Waals surface area contributed by atoms with Crippen molar-refractivity contribution in [2.24, 2.45) is 18.4 Å². The highest BCUT2D eigenvalue weighted by Crippen LogP contribution is 2.42. The summed E-state index contributed by atoms with van der Waals surface area (Å²) in [5.74, 6) is -2.93. The van der Waals surface area contributed by atoms with Gasteiger partial charge in [-0.25, -0.2) is 10.4 Å². The maximum absolute atomic E-state index is 14.7. The molecule has 3 aromatic heterocycles. The lowest BCUT2D eigenvalue weighted by Crippen LogP contribution is -2.62. The molecule has 5 heterocycles. The predicted octanol–water partition coefficient (Wildman–Crippen LogP) is 6.11. The van der Waals surface area contributed by atoms with Gasteiger partial charge in [0.1, 0.15) is 29.7 Å². The molecule has 0 radical (unpaired) electrons. The van der Waals surface area contributed by atoms with Gasteiger partial charge in [0.05, 0.1) is 30.3 Å². The molecule has 17 heteroatoms. The first kappa shape index (κ1) is 49.1. The number of phenolic OH excluding ortho intramolecular Hbond substituents is 1. The molecule has 0 spiro atoms. The van der Waals surface area contributed by atoms with Crippen molar-refractivity contribution in [3.63, 3.8) is 0 Å². The number of carbonyl (C=O) groups excluding carboxylic acids is 5. The van der Waals surface area contributed by atoms with Crippen molar-refractivity contribution >= 4 is 46.3 Å². The Kier molecular flexibility index (Phi) is 14.6. The fourth-order valence-electron chi connectivity index (χ4n) is 9.44. The summed E-state index contributed by atoms with van der Waals surface area (Å²) in [7, 11) is 4.71. The van der Waals surface area contributed by atoms with Crippen LogP contribution in [-0.4, -0.2) is 109 Å². The molecule has 360 valence electrons. The third-order valence-corrected chi connectivity index (χ3v) is 12.9. The number of likely N-dealkylation sites (N-methyl/N-ethyl adjacent to an activating group) is 1. The fraction of sp³-hybridized carbons (Fsp3) is 0.431. The summed E-state index contributed by atoms with van der Waals surface area (Å²) in [6.45, 7) is 16.2. The Morgan fingerprint density at radius 3 is 2.57 bits per heavy atom. The number of rotatable bonds is 11. The Labute approximate surface area is 396 Å². The molecule has 6 bridgehead atoms. The van der Waals surface area contributed by atoms with Crippen LogP contribution < -0.4 is 16.1 Å². The molecule has 4 amide bonds. The molecule has 2 aliphatic rings. The van der Waals surface area contributed by atoms with Crippen molar-refractivity contribution in [3.8, 4) is 28.1 Å². The van der Waals surface area contributed by atoms with E-state index < -0.39 is 59.1 Å². The van der Waals surface area contributed by atoms with E-state index >= 15 is 0 Å². The van der Waals surface area contributed by atoms with Gasteiger partial charge in [-0.2, -0.15) is 0 Å². The van der Waals surface area contributed by atoms with E-state index in [0.29, 0.717) is 36.9 Å². The number of hydrazine groups is 1. The van der Waals surface area contributed by atoms with E-state index in [1.165, 1.54) is 27.7 Å². The van der Waals surface area contributed by atoms with Crippen molar-refractivity contribution in [2.75, 3.05) is 32.6 Å². The molecule has 2 aromatic carbocycles. The summed E-state index contributed by atoms with van der Waals surface area (Å²) in [6.07, 6.45) is 5.29. The third-order valence-electron chi connectivity index (χ3n) is 12.9. The van der Waals surface area contributed by atoms with E-state index in [0.717, 1.165) is 45.1 Å². The minimum Gasteiger partial charge on any atom is -0.508 e. The molecule has 4 N–H and O–H groups in total. The SMILES string of the molecule is C=CC(=O)Nc1cnc(C(=O)N(C)C(C(=O)NC2Cc3cc(O)cc(c3)-c3ccc4c(c3)c(c(-c3cccnc3C(C)OC)n4CC)CC(C)(C)COC(=O)[C@@H]3CCCN(N3)C2=O)C(C)C)n1C. The number of hydrogen-bond donors (Lipinski definition) is 4. The number of aryl methyl sites for hydroxylation is 1. The second-order valence-corrected chi connectivity index (χ2v) is 18.9. The first-order valence-electron chi connectivity index (χ1n) is 23.1. The largest absolute Gasteiger partial charge is 0.508 e. The summed E-state index contributed by atoms with van der Waals surface area (Å²) in [5, 5.41) is 19.2. The van der Waals surface area contributed by atoms with Crippen LogP contribution >= 0.6 is 0 Å². The van der Waals surface area contributed by atoms with Gasteiger partial charge in [0.2, 0.25) is 17.6 Å².